The van der Waals surface area contributed by atoms with Crippen LogP contribution < -0.4 is 0 Å². The summed E-state index contributed by atoms with van der Waals surface area (Å²) >= 11 is 4.24. The Hall–Kier alpha value is -0.870. The SMILES string of the molecule is COC.II.O=C(c1ccc(O)cc1)c1ccccc1O. The minimum atomic E-state index is -0.266. The molecule has 0 aliphatic heterocycles. The van der Waals surface area contributed by atoms with Gasteiger partial charge in [-0.1, -0.05) is 12.1 Å². The average molecular weight is 514 g/mol. The lowest BCUT2D eigenvalue weighted by atomic mass is 10.0. The molecule has 21 heavy (non-hydrogen) atoms. The number of carbonyl (C=O) groups excluding carboxylic acids is 1. The number of ketones is 1. The minimum Gasteiger partial charge on any atom is -0.508 e. The van der Waals surface area contributed by atoms with Crippen molar-refractivity contribution in [3.05, 3.63) is 59.7 Å². The highest BCUT2D eigenvalue weighted by Crippen LogP contribution is 2.20. The van der Waals surface area contributed by atoms with Crippen LogP contribution in [0, 0.1) is 0 Å². The number of methoxy groups -OCH3 is 1. The van der Waals surface area contributed by atoms with E-state index in [9.17, 15) is 9.90 Å². The number of halogens is 2. The second kappa shape index (κ2) is 11.8. The number of benzene rings is 2. The summed E-state index contributed by atoms with van der Waals surface area (Å²) in [5.41, 5.74) is 0.687. The van der Waals surface area contributed by atoms with E-state index in [1.165, 1.54) is 30.3 Å². The van der Waals surface area contributed by atoms with Crippen LogP contribution in [0.3, 0.4) is 0 Å². The molecule has 6 heteroatoms. The van der Waals surface area contributed by atoms with E-state index in [1.54, 1.807) is 32.4 Å². The summed E-state index contributed by atoms with van der Waals surface area (Å²) in [5, 5.41) is 18.6. The van der Waals surface area contributed by atoms with Crippen LogP contribution in [0.2, 0.25) is 0 Å². The monoisotopic (exact) mass is 514 g/mol. The van der Waals surface area contributed by atoms with Gasteiger partial charge in [0.1, 0.15) is 11.5 Å². The van der Waals surface area contributed by atoms with Crippen LogP contribution in [0.15, 0.2) is 48.5 Å². The molecule has 0 amide bonds. The molecule has 114 valence electrons. The van der Waals surface area contributed by atoms with Gasteiger partial charge in [-0.15, -0.1) is 0 Å². The van der Waals surface area contributed by atoms with E-state index in [4.69, 9.17) is 5.11 Å². The third-order valence-corrected chi connectivity index (χ3v) is 2.28. The molecule has 2 N–H and O–H groups in total. The maximum atomic E-state index is 11.9. The van der Waals surface area contributed by atoms with Gasteiger partial charge in [0, 0.05) is 57.0 Å². The predicted octanol–water partition coefficient (Wildman–Crippen LogP) is 4.36. The third-order valence-electron chi connectivity index (χ3n) is 2.28. The Bertz CT molecular complexity index is 542. The van der Waals surface area contributed by atoms with Crippen LogP contribution in [0.25, 0.3) is 0 Å². The molecule has 0 heterocycles. The molecule has 0 atom stereocenters. The van der Waals surface area contributed by atoms with Crippen molar-refractivity contribution in [2.24, 2.45) is 0 Å². The standard InChI is InChI=1S/C13H10O3.C2H6O.I2/c14-10-7-5-9(6-8-10)13(16)11-3-1-2-4-12(11)15;1-3-2;1-2/h1-8,14-15H;1-2H3;. The van der Waals surface area contributed by atoms with E-state index in [0.29, 0.717) is 5.56 Å². The van der Waals surface area contributed by atoms with Crippen molar-refractivity contribution >= 4 is 43.0 Å². The normalized spacial score (nSPS) is 8.76. The van der Waals surface area contributed by atoms with E-state index in [0.717, 1.165) is 0 Å². The first-order valence-electron chi connectivity index (χ1n) is 5.76. The summed E-state index contributed by atoms with van der Waals surface area (Å²) in [5.74, 6) is -0.201. The molecule has 2 rings (SSSR count). The highest BCUT2D eigenvalue weighted by molar-refractivity contribution is 15.0. The Morgan fingerprint density at radius 3 is 1.90 bits per heavy atom. The Labute approximate surface area is 147 Å². The lowest BCUT2D eigenvalue weighted by Gasteiger charge is -2.03. The molecule has 0 aliphatic rings. The van der Waals surface area contributed by atoms with Gasteiger partial charge in [-0.05, 0) is 36.4 Å². The maximum Gasteiger partial charge on any atom is 0.196 e. The summed E-state index contributed by atoms with van der Waals surface area (Å²) in [6.45, 7) is 0. The van der Waals surface area contributed by atoms with E-state index in [-0.39, 0.29) is 22.8 Å². The van der Waals surface area contributed by atoms with Crippen molar-refractivity contribution < 1.29 is 19.7 Å². The van der Waals surface area contributed by atoms with Gasteiger partial charge in [0.05, 0.1) is 5.56 Å². The predicted molar refractivity (Wildman–Crippen MR) is 101 cm³/mol. The molecular weight excluding hydrogens is 498 g/mol. The molecule has 0 radical (unpaired) electrons. The zero-order valence-electron chi connectivity index (χ0n) is 11.6. The van der Waals surface area contributed by atoms with Crippen molar-refractivity contribution in [2.75, 3.05) is 14.2 Å². The third kappa shape index (κ3) is 7.09. The molecule has 0 spiro atoms. The zero-order valence-corrected chi connectivity index (χ0v) is 15.9. The molecule has 0 bridgehead atoms. The molecule has 4 nitrogen and oxygen atoms in total. The smallest absolute Gasteiger partial charge is 0.196 e. The first-order valence-corrected chi connectivity index (χ1v) is 12.0. The van der Waals surface area contributed by atoms with Gasteiger partial charge in [-0.25, -0.2) is 0 Å². The maximum absolute atomic E-state index is 11.9. The number of aromatic hydroxyl groups is 2. The first kappa shape index (κ1) is 20.1. The summed E-state index contributed by atoms with van der Waals surface area (Å²) < 4.78 is 4.25. The number of carbonyl (C=O) groups is 1. The molecule has 0 aliphatic carbocycles. The molecule has 2 aromatic rings. The lowest BCUT2D eigenvalue weighted by molar-refractivity contribution is 0.103. The number of hydrogen-bond donors (Lipinski definition) is 2. The summed E-state index contributed by atoms with van der Waals surface area (Å²) in [6.07, 6.45) is 0. The van der Waals surface area contributed by atoms with Crippen LogP contribution in [0.1, 0.15) is 15.9 Å². The lowest BCUT2D eigenvalue weighted by Crippen LogP contribution is -2.00. The Kier molecular flexibility index (Phi) is 11.3. The number of rotatable bonds is 2. The van der Waals surface area contributed by atoms with Crippen molar-refractivity contribution in [1.29, 1.82) is 0 Å². The van der Waals surface area contributed by atoms with Gasteiger partial charge < -0.3 is 14.9 Å². The fraction of sp³-hybridized carbons (Fsp3) is 0.133. The number of para-hydroxylation sites is 1. The minimum absolute atomic E-state index is 0.0411. The molecule has 0 unspecified atom stereocenters. The van der Waals surface area contributed by atoms with E-state index in [2.05, 4.69) is 42.0 Å². The van der Waals surface area contributed by atoms with Gasteiger partial charge >= 0.3 is 0 Å². The van der Waals surface area contributed by atoms with Crippen molar-refractivity contribution in [3.63, 3.8) is 0 Å². The van der Waals surface area contributed by atoms with Crippen LogP contribution in [-0.4, -0.2) is 30.2 Å². The van der Waals surface area contributed by atoms with E-state index >= 15 is 0 Å². The van der Waals surface area contributed by atoms with E-state index in [1.807, 2.05) is 0 Å². The van der Waals surface area contributed by atoms with Crippen LogP contribution in [-0.2, 0) is 4.74 Å². The Morgan fingerprint density at radius 1 is 0.952 bits per heavy atom. The molecule has 0 saturated heterocycles. The summed E-state index contributed by atoms with van der Waals surface area (Å²) in [7, 11) is 3.25. The molecule has 2 aromatic carbocycles. The second-order valence-corrected chi connectivity index (χ2v) is 3.80. The fourth-order valence-electron chi connectivity index (χ4n) is 1.43. The van der Waals surface area contributed by atoms with Crippen molar-refractivity contribution in [1.82, 2.24) is 0 Å². The number of hydrogen-bond acceptors (Lipinski definition) is 4. The van der Waals surface area contributed by atoms with E-state index < -0.39 is 0 Å². The Morgan fingerprint density at radius 2 is 1.43 bits per heavy atom. The molecule has 0 fully saturated rings. The van der Waals surface area contributed by atoms with Gasteiger partial charge in [0.15, 0.2) is 5.78 Å². The zero-order chi connectivity index (χ0) is 16.3. The van der Waals surface area contributed by atoms with Crippen molar-refractivity contribution in [2.45, 2.75) is 0 Å². The molecule has 0 saturated carbocycles. The van der Waals surface area contributed by atoms with Gasteiger partial charge in [0.2, 0.25) is 0 Å². The van der Waals surface area contributed by atoms with Gasteiger partial charge in [-0.3, -0.25) is 4.79 Å². The van der Waals surface area contributed by atoms with Crippen molar-refractivity contribution in [3.8, 4) is 11.5 Å². The largest absolute Gasteiger partial charge is 0.508 e. The van der Waals surface area contributed by atoms with Crippen LogP contribution >= 0.6 is 37.2 Å². The topological polar surface area (TPSA) is 66.8 Å². The highest BCUT2D eigenvalue weighted by Gasteiger charge is 2.12. The quantitative estimate of drug-likeness (QED) is 0.462. The molecule has 0 aromatic heterocycles. The summed E-state index contributed by atoms with van der Waals surface area (Å²) in [6, 6.07) is 12.3. The number of ether oxygens (including phenoxy) is 1. The Balaban J connectivity index is 0.000000713. The first-order chi connectivity index (χ1) is 10.1. The van der Waals surface area contributed by atoms with Gasteiger partial charge in [-0.2, -0.15) is 0 Å². The fourth-order valence-corrected chi connectivity index (χ4v) is 1.43. The number of phenols is 2. The number of phenolic OH excluding ortho intramolecular Hbond substituents is 2. The highest BCUT2D eigenvalue weighted by atomic mass is 128. The van der Waals surface area contributed by atoms with Gasteiger partial charge in [0.25, 0.3) is 0 Å². The van der Waals surface area contributed by atoms with Crippen LogP contribution in [0.4, 0.5) is 0 Å². The second-order valence-electron chi connectivity index (χ2n) is 3.80. The average Bonchev–Trinajstić information content (AvgIpc) is 2.51. The summed E-state index contributed by atoms with van der Waals surface area (Å²) in [4.78, 5) is 11.9. The van der Waals surface area contributed by atoms with Crippen LogP contribution in [0.5, 0.6) is 11.5 Å². The molecular formula is C15H16I2O4.